The maximum atomic E-state index is 13.4. The first kappa shape index (κ1) is 96.6. The molecule has 5 atom stereocenters. The average Bonchev–Trinajstić information content (AvgIpc) is 0.953. The maximum absolute atomic E-state index is 13.4. The molecule has 0 heterocycles. The highest BCUT2D eigenvalue weighted by Crippen LogP contribution is 2.20. The summed E-state index contributed by atoms with van der Waals surface area (Å²) in [6.07, 6.45) is 31.4. The molecule has 0 spiro atoms. The smallest absolute Gasteiger partial charge is 0.308 e. The van der Waals surface area contributed by atoms with Crippen molar-refractivity contribution in [1.29, 1.82) is 0 Å². The summed E-state index contributed by atoms with van der Waals surface area (Å²) in [4.78, 5) is 74.5. The molecule has 0 rings (SSSR count). The van der Waals surface area contributed by atoms with E-state index in [4.69, 9.17) is 77.8 Å². The van der Waals surface area contributed by atoms with Crippen LogP contribution >= 0.6 is 11.8 Å². The second-order valence-electron chi connectivity index (χ2n) is 25.2. The monoisotopic (exact) mass is 1460 g/mol. The maximum Gasteiger partial charge on any atom is 0.308 e. The fourth-order valence-electron chi connectivity index (χ4n) is 9.91. The van der Waals surface area contributed by atoms with Crippen LogP contribution in [0.25, 0.3) is 0 Å². The van der Waals surface area contributed by atoms with E-state index in [1.807, 2.05) is 13.8 Å². The van der Waals surface area contributed by atoms with E-state index in [0.29, 0.717) is 151 Å². The van der Waals surface area contributed by atoms with Crippen LogP contribution in [-0.4, -0.2) is 255 Å². The molecule has 8 N–H and O–H groups in total. The average molecular weight is 1460 g/mol. The van der Waals surface area contributed by atoms with Crippen molar-refractivity contribution in [2.75, 3.05) is 196 Å². The van der Waals surface area contributed by atoms with Crippen LogP contribution < -0.4 is 27.4 Å². The van der Waals surface area contributed by atoms with Crippen molar-refractivity contribution in [3.05, 3.63) is 0 Å². The molecule has 0 aliphatic carbocycles. The van der Waals surface area contributed by atoms with Crippen molar-refractivity contribution in [3.63, 3.8) is 0 Å². The zero-order valence-corrected chi connectivity index (χ0v) is 63.4. The third kappa shape index (κ3) is 69.0. The van der Waals surface area contributed by atoms with Gasteiger partial charge in [0.05, 0.1) is 196 Å². The predicted octanol–water partition coefficient (Wildman–Crippen LogP) is 8.13. The van der Waals surface area contributed by atoms with Gasteiger partial charge in [-0.15, -0.1) is 0 Å². The molecular weight excluding hydrogens is 1310 g/mol. The third-order valence-electron chi connectivity index (χ3n) is 16.1. The first-order valence-electron chi connectivity index (χ1n) is 38.2. The van der Waals surface area contributed by atoms with Crippen LogP contribution in [0.4, 0.5) is 0 Å². The summed E-state index contributed by atoms with van der Waals surface area (Å²) >= 11 is 1.34. The van der Waals surface area contributed by atoms with E-state index >= 15 is 0 Å². The summed E-state index contributed by atoms with van der Waals surface area (Å²) in [5, 5.41) is 17.6. The highest BCUT2D eigenvalue weighted by molar-refractivity contribution is 7.99. The molecule has 26 nitrogen and oxygen atoms in total. The van der Waals surface area contributed by atoms with E-state index in [-0.39, 0.29) is 81.4 Å². The second-order valence-corrected chi connectivity index (χ2v) is 26.3. The van der Waals surface area contributed by atoms with Crippen LogP contribution in [0, 0.1) is 11.8 Å². The van der Waals surface area contributed by atoms with Crippen molar-refractivity contribution < 1.29 is 100 Å². The normalized spacial score (nSPS) is 13.0. The Morgan fingerprint density at radius 2 is 0.720 bits per heavy atom. The zero-order valence-electron chi connectivity index (χ0n) is 62.6. The van der Waals surface area contributed by atoms with Crippen LogP contribution in [0.15, 0.2) is 0 Å². The molecular formula is C73H141N5O21S. The number of rotatable bonds is 81. The van der Waals surface area contributed by atoms with Gasteiger partial charge >= 0.3 is 11.9 Å². The van der Waals surface area contributed by atoms with Gasteiger partial charge in [0.2, 0.25) is 23.6 Å². The first-order chi connectivity index (χ1) is 48.9. The number of amides is 4. The van der Waals surface area contributed by atoms with Gasteiger partial charge < -0.3 is 98.8 Å². The number of esters is 2. The Balaban J connectivity index is 4.16. The third-order valence-corrected chi connectivity index (χ3v) is 17.3. The molecule has 0 aliphatic rings. The largest absolute Gasteiger partial charge is 0.465 e. The van der Waals surface area contributed by atoms with Crippen molar-refractivity contribution in [2.24, 2.45) is 23.3 Å². The van der Waals surface area contributed by atoms with Crippen molar-refractivity contribution in [3.8, 4) is 0 Å². The lowest BCUT2D eigenvalue weighted by molar-refractivity contribution is -0.155. The number of thioether (sulfide) groups is 1. The molecule has 27 heteroatoms. The van der Waals surface area contributed by atoms with E-state index in [9.17, 15) is 33.9 Å². The van der Waals surface area contributed by atoms with Gasteiger partial charge in [-0.1, -0.05) is 182 Å². The molecule has 590 valence electrons. The summed E-state index contributed by atoms with van der Waals surface area (Å²) in [5.41, 5.74) is 11.2. The molecule has 0 bridgehead atoms. The lowest BCUT2D eigenvalue weighted by atomic mass is 10.0. The SMILES string of the molecule is CCCCCCCCCCCCCC[C@H](C)C(=O)OCC[C@H](CSC[C@H](N)C(=O)N[C@@H](CO)C(=O)NCCOCCOCCOCCOCCOCCOCCOCCOCCOCCOCCOCCOCCC(=O)NCC(N)=O)OC(=O)[C@@H](C)CCCCCCCCCCCCCC. The van der Waals surface area contributed by atoms with Gasteiger partial charge in [-0.25, -0.2) is 0 Å². The van der Waals surface area contributed by atoms with Gasteiger partial charge in [-0.3, -0.25) is 28.8 Å². The summed E-state index contributed by atoms with van der Waals surface area (Å²) in [6, 6.07) is -2.24. The number of carbonyl (C=O) groups is 6. The van der Waals surface area contributed by atoms with E-state index in [1.54, 1.807) is 0 Å². The van der Waals surface area contributed by atoms with Crippen molar-refractivity contribution in [1.82, 2.24) is 16.0 Å². The topological polar surface area (TPSA) is 340 Å². The van der Waals surface area contributed by atoms with Crippen LogP contribution in [0.2, 0.25) is 0 Å². The van der Waals surface area contributed by atoms with E-state index in [1.165, 1.54) is 134 Å². The lowest BCUT2D eigenvalue weighted by Gasteiger charge is -2.22. The van der Waals surface area contributed by atoms with Gasteiger partial charge in [0, 0.05) is 30.9 Å². The quantitative estimate of drug-likeness (QED) is 0.0247. The molecule has 0 saturated carbocycles. The van der Waals surface area contributed by atoms with E-state index in [0.717, 1.165) is 44.9 Å². The minimum absolute atomic E-state index is 0.105. The van der Waals surface area contributed by atoms with E-state index in [2.05, 4.69) is 29.8 Å². The summed E-state index contributed by atoms with van der Waals surface area (Å²) in [6.45, 7) is 17.2. The summed E-state index contributed by atoms with van der Waals surface area (Å²) in [7, 11) is 0. The number of hydrogen-bond donors (Lipinski definition) is 6. The number of nitrogens with one attached hydrogen (secondary N) is 3. The highest BCUT2D eigenvalue weighted by Gasteiger charge is 2.26. The van der Waals surface area contributed by atoms with Gasteiger partial charge in [0.15, 0.2) is 0 Å². The van der Waals surface area contributed by atoms with E-state index < -0.39 is 42.5 Å². The second kappa shape index (κ2) is 76.7. The predicted molar refractivity (Wildman–Crippen MR) is 389 cm³/mol. The number of aliphatic hydroxyl groups excluding tert-OH is 1. The molecule has 0 aromatic carbocycles. The van der Waals surface area contributed by atoms with Crippen LogP contribution in [0.5, 0.6) is 0 Å². The van der Waals surface area contributed by atoms with Crippen LogP contribution in [0.1, 0.15) is 207 Å². The van der Waals surface area contributed by atoms with Crippen molar-refractivity contribution >= 4 is 47.3 Å². The number of aliphatic hydroxyl groups is 1. The molecule has 100 heavy (non-hydrogen) atoms. The number of hydrogen-bond acceptors (Lipinski definition) is 23. The van der Waals surface area contributed by atoms with Gasteiger partial charge in [-0.05, 0) is 12.8 Å². The number of primary amides is 1. The highest BCUT2D eigenvalue weighted by atomic mass is 32.2. The number of carbonyl (C=O) groups excluding carboxylic acids is 6. The lowest BCUT2D eigenvalue weighted by Crippen LogP contribution is -2.54. The van der Waals surface area contributed by atoms with Gasteiger partial charge in [0.25, 0.3) is 0 Å². The Hall–Kier alpha value is -3.39. The zero-order chi connectivity index (χ0) is 73.1. The Labute approximate surface area is 606 Å². The Kier molecular flexibility index (Phi) is 74.1. The Morgan fingerprint density at radius 1 is 0.390 bits per heavy atom. The fourth-order valence-corrected chi connectivity index (χ4v) is 11.0. The van der Waals surface area contributed by atoms with Gasteiger partial charge in [0.1, 0.15) is 12.1 Å². The Bertz CT molecular complexity index is 1860. The first-order valence-corrected chi connectivity index (χ1v) is 39.4. The van der Waals surface area contributed by atoms with Crippen LogP contribution in [-0.2, 0) is 95.1 Å². The van der Waals surface area contributed by atoms with Crippen LogP contribution in [0.3, 0.4) is 0 Å². The van der Waals surface area contributed by atoms with Crippen molar-refractivity contribution in [2.45, 2.75) is 226 Å². The molecule has 0 fully saturated rings. The molecule has 0 aliphatic heterocycles. The summed E-state index contributed by atoms with van der Waals surface area (Å²) in [5.74, 6) is -2.64. The number of unbranched alkanes of at least 4 members (excludes halogenated alkanes) is 22. The number of nitrogens with two attached hydrogens (primary N) is 2. The fraction of sp³-hybridized carbons (Fsp3) is 0.918. The summed E-state index contributed by atoms with van der Waals surface area (Å²) < 4.78 is 77.7. The molecule has 0 aromatic heterocycles. The molecule has 0 unspecified atom stereocenters. The Morgan fingerprint density at radius 3 is 1.07 bits per heavy atom. The standard InChI is InChI=1S/C73H141N5O21S/c1-5-7-9-11-13-15-17-19-21-23-25-27-29-63(3)72(84)98-35-31-65(99-73(85)64(4)30-28-26-24-22-20-18-16-14-12-10-8-6-2)61-100-62-66(74)70(82)78-67(60-79)71(83)76-33-36-87-38-40-89-42-44-91-46-48-93-50-52-95-54-56-97-58-57-96-55-53-94-51-49-92-47-45-90-43-41-88-39-37-86-34-32-69(81)77-59-68(75)80/h63-67,79H,5-62,74H2,1-4H3,(H2,75,80)(H,76,83)(H,77,81)(H,78,82)/t63-,64-,65+,66-,67-/m0/s1. The minimum atomic E-state index is -1.22. The molecule has 0 radical (unpaired) electrons. The molecule has 4 amide bonds. The minimum Gasteiger partial charge on any atom is -0.465 e. The molecule has 0 aromatic rings. The van der Waals surface area contributed by atoms with Gasteiger partial charge in [-0.2, -0.15) is 11.8 Å². The molecule has 0 saturated heterocycles. The number of ether oxygens (including phenoxy) is 14.